The van der Waals surface area contributed by atoms with Crippen LogP contribution in [0.1, 0.15) is 23.5 Å². The molecule has 6 nitrogen and oxygen atoms in total. The minimum absolute atomic E-state index is 0.00942. The van der Waals surface area contributed by atoms with Gasteiger partial charge in [-0.2, -0.15) is 0 Å². The van der Waals surface area contributed by atoms with Crippen molar-refractivity contribution in [3.05, 3.63) is 77.5 Å². The predicted octanol–water partition coefficient (Wildman–Crippen LogP) is 3.45. The number of hydrogen-bond acceptors (Lipinski definition) is 4. The molecule has 0 spiro atoms. The van der Waals surface area contributed by atoms with Crippen LogP contribution in [0.5, 0.6) is 0 Å². The van der Waals surface area contributed by atoms with Gasteiger partial charge in [0.25, 0.3) is 0 Å². The van der Waals surface area contributed by atoms with Gasteiger partial charge < -0.3 is 19.7 Å². The van der Waals surface area contributed by atoms with Gasteiger partial charge in [-0.15, -0.1) is 0 Å². The van der Waals surface area contributed by atoms with Crippen LogP contribution in [0.3, 0.4) is 0 Å². The zero-order chi connectivity index (χ0) is 20.4. The molecule has 3 aromatic heterocycles. The highest BCUT2D eigenvalue weighted by molar-refractivity contribution is 7.80. The molecule has 1 aliphatic heterocycles. The molecular weight excluding hydrogens is 404 g/mol. The van der Waals surface area contributed by atoms with Crippen LogP contribution in [0.2, 0.25) is 5.02 Å². The topological polar surface area (TPSA) is 49.2 Å². The average molecular weight is 427 g/mol. The molecule has 1 saturated heterocycles. The summed E-state index contributed by atoms with van der Waals surface area (Å²) in [6, 6.07) is 13.8. The van der Waals surface area contributed by atoms with Gasteiger partial charge in [-0.05, 0) is 62.7 Å². The highest BCUT2D eigenvalue weighted by Gasteiger charge is 2.41. The van der Waals surface area contributed by atoms with Crippen LogP contribution in [0.25, 0.3) is 5.82 Å². The largest absolute Gasteiger partial charge is 0.352 e. The van der Waals surface area contributed by atoms with E-state index >= 15 is 0 Å². The van der Waals surface area contributed by atoms with Gasteiger partial charge in [-0.1, -0.05) is 17.7 Å². The maximum Gasteiger partial charge on any atom is 0.170 e. The lowest BCUT2D eigenvalue weighted by Crippen LogP contribution is -2.36. The van der Waals surface area contributed by atoms with Crippen LogP contribution in [0.4, 0.5) is 0 Å². The van der Waals surface area contributed by atoms with Crippen molar-refractivity contribution in [3.63, 3.8) is 0 Å². The fraction of sp³-hybridized carbons (Fsp3) is 0.286. The minimum atomic E-state index is -0.0492. The van der Waals surface area contributed by atoms with Crippen molar-refractivity contribution >= 4 is 28.9 Å². The van der Waals surface area contributed by atoms with Crippen LogP contribution < -0.4 is 5.32 Å². The van der Waals surface area contributed by atoms with Gasteiger partial charge in [0, 0.05) is 37.4 Å². The van der Waals surface area contributed by atoms with Crippen molar-refractivity contribution in [1.29, 1.82) is 0 Å². The normalized spacial score (nSPS) is 19.0. The van der Waals surface area contributed by atoms with E-state index in [1.54, 1.807) is 6.20 Å². The summed E-state index contributed by atoms with van der Waals surface area (Å²) < 4.78 is 2.09. The molecule has 1 N–H and O–H groups in total. The monoisotopic (exact) mass is 426 g/mol. The third-order valence-corrected chi connectivity index (χ3v) is 5.60. The Bertz CT molecular complexity index is 972. The number of pyridine rings is 2. The van der Waals surface area contributed by atoms with Crippen molar-refractivity contribution in [2.75, 3.05) is 27.2 Å². The molecule has 1 fully saturated rings. The molecule has 8 heteroatoms. The fourth-order valence-electron chi connectivity index (χ4n) is 3.63. The summed E-state index contributed by atoms with van der Waals surface area (Å²) in [5.74, 6) is 0.819. The Morgan fingerprint density at radius 1 is 1.14 bits per heavy atom. The number of hydrogen-bond donors (Lipinski definition) is 1. The molecule has 0 aromatic carbocycles. The van der Waals surface area contributed by atoms with Crippen molar-refractivity contribution < 1.29 is 0 Å². The summed E-state index contributed by atoms with van der Waals surface area (Å²) in [4.78, 5) is 13.5. The fourth-order valence-corrected chi connectivity index (χ4v) is 4.07. The maximum absolute atomic E-state index is 6.04. The van der Waals surface area contributed by atoms with Crippen LogP contribution in [-0.4, -0.2) is 56.6 Å². The lowest BCUT2D eigenvalue weighted by Gasteiger charge is -2.29. The average Bonchev–Trinajstić information content (AvgIpc) is 3.32. The van der Waals surface area contributed by atoms with Gasteiger partial charge in [0.15, 0.2) is 5.11 Å². The number of rotatable bonds is 6. The summed E-state index contributed by atoms with van der Waals surface area (Å²) in [5, 5.41) is 4.85. The summed E-state index contributed by atoms with van der Waals surface area (Å²) in [6.45, 7) is 1.71. The Labute approximate surface area is 181 Å². The number of nitrogens with zero attached hydrogens (tertiary/aromatic N) is 5. The molecule has 1 aliphatic rings. The van der Waals surface area contributed by atoms with E-state index in [4.69, 9.17) is 23.8 Å². The Morgan fingerprint density at radius 2 is 2.00 bits per heavy atom. The van der Waals surface area contributed by atoms with Gasteiger partial charge in [-0.3, -0.25) is 4.98 Å². The first-order chi connectivity index (χ1) is 14.0. The summed E-state index contributed by atoms with van der Waals surface area (Å²) in [5.41, 5.74) is 2.06. The second-order valence-corrected chi connectivity index (χ2v) is 8.08. The molecule has 29 heavy (non-hydrogen) atoms. The number of nitrogens with one attached hydrogen (secondary N) is 1. The quantitative estimate of drug-likeness (QED) is 0.609. The lowest BCUT2D eigenvalue weighted by atomic mass is 10.0. The molecule has 0 radical (unpaired) electrons. The molecule has 3 aromatic rings. The first-order valence-electron chi connectivity index (χ1n) is 9.46. The highest BCUT2D eigenvalue weighted by Crippen LogP contribution is 2.39. The van der Waals surface area contributed by atoms with Gasteiger partial charge in [0.1, 0.15) is 5.82 Å². The maximum atomic E-state index is 6.04. The zero-order valence-corrected chi connectivity index (χ0v) is 17.9. The standard InChI is InChI=1S/C21H23ClN6S/c1-26(2)12-13-28-20(19(25-21(28)29)16-6-3-4-10-23-16)17-7-5-11-27(17)18-9-8-15(22)14-24-18/h3-11,14,19-20H,12-13H2,1-2H3,(H,25,29)/t19-,20-/m1/s1. The van der Waals surface area contributed by atoms with Gasteiger partial charge >= 0.3 is 0 Å². The molecule has 0 unspecified atom stereocenters. The Balaban J connectivity index is 1.77. The number of likely N-dealkylation sites (N-methyl/N-ethyl adjacent to an activating group) is 1. The van der Waals surface area contributed by atoms with Gasteiger partial charge in [-0.25, -0.2) is 4.98 Å². The molecular formula is C21H23ClN6S. The van der Waals surface area contributed by atoms with E-state index < -0.39 is 0 Å². The van der Waals surface area contributed by atoms with Crippen molar-refractivity contribution in [2.45, 2.75) is 12.1 Å². The molecule has 150 valence electrons. The first kappa shape index (κ1) is 19.8. The van der Waals surface area contributed by atoms with Crippen LogP contribution in [0.15, 0.2) is 61.1 Å². The van der Waals surface area contributed by atoms with E-state index in [0.717, 1.165) is 35.4 Å². The van der Waals surface area contributed by atoms with Crippen molar-refractivity contribution in [1.82, 2.24) is 29.7 Å². The van der Waals surface area contributed by atoms with Crippen molar-refractivity contribution in [3.8, 4) is 5.82 Å². The van der Waals surface area contributed by atoms with Crippen LogP contribution in [-0.2, 0) is 0 Å². The molecule has 2 atom stereocenters. The van der Waals surface area contributed by atoms with E-state index in [1.165, 1.54) is 0 Å². The minimum Gasteiger partial charge on any atom is -0.352 e. The Hall–Kier alpha value is -2.48. The second kappa shape index (κ2) is 8.49. The van der Waals surface area contributed by atoms with Crippen molar-refractivity contribution in [2.24, 2.45) is 0 Å². The third kappa shape index (κ3) is 4.12. The summed E-state index contributed by atoms with van der Waals surface area (Å²) in [6.07, 6.45) is 5.50. The second-order valence-electron chi connectivity index (χ2n) is 7.26. The lowest BCUT2D eigenvalue weighted by molar-refractivity contribution is 0.272. The zero-order valence-electron chi connectivity index (χ0n) is 16.4. The van der Waals surface area contributed by atoms with E-state index in [1.807, 2.05) is 48.8 Å². The van der Waals surface area contributed by atoms with E-state index in [2.05, 4.69) is 49.8 Å². The third-order valence-electron chi connectivity index (χ3n) is 5.03. The molecule has 4 heterocycles. The number of halogens is 1. The molecule has 0 aliphatic carbocycles. The van der Waals surface area contributed by atoms with Gasteiger partial charge in [0.05, 0.1) is 22.8 Å². The Morgan fingerprint density at radius 3 is 2.69 bits per heavy atom. The SMILES string of the molecule is CN(C)CCN1C(=S)N[C@H](c2ccccn2)[C@H]1c1cccn1-c1ccc(Cl)cn1. The number of thiocarbonyl (C=S) groups is 1. The number of aromatic nitrogens is 3. The summed E-state index contributed by atoms with van der Waals surface area (Å²) >= 11 is 11.8. The highest BCUT2D eigenvalue weighted by atomic mass is 35.5. The molecule has 0 amide bonds. The van der Waals surface area contributed by atoms with E-state index in [0.29, 0.717) is 5.02 Å². The molecule has 4 rings (SSSR count). The smallest absolute Gasteiger partial charge is 0.170 e. The first-order valence-corrected chi connectivity index (χ1v) is 10.2. The molecule has 0 bridgehead atoms. The predicted molar refractivity (Wildman–Crippen MR) is 119 cm³/mol. The van der Waals surface area contributed by atoms with Crippen LogP contribution in [0, 0.1) is 0 Å². The van der Waals surface area contributed by atoms with Gasteiger partial charge in [0.2, 0.25) is 0 Å². The Kier molecular flexibility index (Phi) is 5.80. The van der Waals surface area contributed by atoms with E-state index in [9.17, 15) is 0 Å². The van der Waals surface area contributed by atoms with E-state index in [-0.39, 0.29) is 12.1 Å². The van der Waals surface area contributed by atoms with Crippen LogP contribution >= 0.6 is 23.8 Å². The molecule has 0 saturated carbocycles. The summed E-state index contributed by atoms with van der Waals surface area (Å²) in [7, 11) is 4.14.